The van der Waals surface area contributed by atoms with Crippen LogP contribution >= 0.6 is 0 Å². The van der Waals surface area contributed by atoms with Gasteiger partial charge in [0.1, 0.15) is 0 Å². The van der Waals surface area contributed by atoms with E-state index in [9.17, 15) is 13.2 Å². The van der Waals surface area contributed by atoms with Gasteiger partial charge in [0.2, 0.25) is 0 Å². The lowest BCUT2D eigenvalue weighted by atomic mass is 10.2. The van der Waals surface area contributed by atoms with E-state index in [1.165, 1.54) is 24.3 Å². The van der Waals surface area contributed by atoms with Gasteiger partial charge < -0.3 is 5.32 Å². The van der Waals surface area contributed by atoms with Crippen molar-refractivity contribution < 1.29 is 13.2 Å². The van der Waals surface area contributed by atoms with E-state index in [2.05, 4.69) is 10.0 Å². The molecule has 0 atom stereocenters. The number of amides is 1. The Morgan fingerprint density at radius 1 is 1.12 bits per heavy atom. The Hall–Kier alpha value is -2.85. The van der Waals surface area contributed by atoms with Crippen LogP contribution in [0.3, 0.4) is 0 Å². The summed E-state index contributed by atoms with van der Waals surface area (Å²) in [6, 6.07) is 13.8. The molecule has 2 N–H and O–H groups in total. The number of nitriles is 1. The van der Waals surface area contributed by atoms with Crippen LogP contribution in [0.2, 0.25) is 0 Å². The smallest absolute Gasteiger partial charge is 0.261 e. The SMILES string of the molecule is CC(C)NC(=O)c1cccc(S(=O)(=O)Nc2cccc(C#N)c2)c1. The van der Waals surface area contributed by atoms with Crippen molar-refractivity contribution in [3.05, 3.63) is 59.7 Å². The normalized spacial score (nSPS) is 10.9. The molecule has 0 fully saturated rings. The molecule has 0 spiro atoms. The van der Waals surface area contributed by atoms with Gasteiger partial charge in [0.15, 0.2) is 0 Å². The van der Waals surface area contributed by atoms with Crippen molar-refractivity contribution in [2.75, 3.05) is 4.72 Å². The van der Waals surface area contributed by atoms with Gasteiger partial charge in [-0.3, -0.25) is 9.52 Å². The van der Waals surface area contributed by atoms with Crippen molar-refractivity contribution in [3.8, 4) is 6.07 Å². The predicted octanol–water partition coefficient (Wildman–Crippen LogP) is 2.50. The first kappa shape index (κ1) is 17.5. The highest BCUT2D eigenvalue weighted by Gasteiger charge is 2.17. The van der Waals surface area contributed by atoms with Crippen LogP contribution in [0, 0.1) is 11.3 Å². The third-order valence-corrected chi connectivity index (χ3v) is 4.45. The van der Waals surface area contributed by atoms with Gasteiger partial charge in [0.25, 0.3) is 15.9 Å². The number of sulfonamides is 1. The average Bonchev–Trinajstić information content (AvgIpc) is 2.54. The van der Waals surface area contributed by atoms with Gasteiger partial charge in [0, 0.05) is 11.6 Å². The van der Waals surface area contributed by atoms with Crippen LogP contribution in [0.5, 0.6) is 0 Å². The van der Waals surface area contributed by atoms with Gasteiger partial charge >= 0.3 is 0 Å². The number of hydrogen-bond acceptors (Lipinski definition) is 4. The van der Waals surface area contributed by atoms with Crippen LogP contribution in [0.15, 0.2) is 53.4 Å². The standard InChI is InChI=1S/C17H17N3O3S/c1-12(2)19-17(21)14-6-4-8-16(10-14)24(22,23)20-15-7-3-5-13(9-15)11-18/h3-10,12,20H,1-2H3,(H,19,21). The molecule has 1 amide bonds. The summed E-state index contributed by atoms with van der Waals surface area (Å²) in [5.74, 6) is -0.339. The topological polar surface area (TPSA) is 99.1 Å². The van der Waals surface area contributed by atoms with E-state index >= 15 is 0 Å². The molecule has 0 aliphatic carbocycles. The molecule has 2 rings (SSSR count). The summed E-state index contributed by atoms with van der Waals surface area (Å²) in [5.41, 5.74) is 0.892. The molecule has 24 heavy (non-hydrogen) atoms. The summed E-state index contributed by atoms with van der Waals surface area (Å²) < 4.78 is 27.4. The zero-order valence-electron chi connectivity index (χ0n) is 13.3. The van der Waals surface area contributed by atoms with Crippen LogP contribution in [0.25, 0.3) is 0 Å². The van der Waals surface area contributed by atoms with Crippen LogP contribution in [0.1, 0.15) is 29.8 Å². The molecule has 7 heteroatoms. The van der Waals surface area contributed by atoms with Gasteiger partial charge in [-0.05, 0) is 50.2 Å². The fourth-order valence-electron chi connectivity index (χ4n) is 2.02. The molecular formula is C17H17N3O3S. The second kappa shape index (κ2) is 7.15. The second-order valence-corrected chi connectivity index (χ2v) is 7.14. The van der Waals surface area contributed by atoms with E-state index in [0.29, 0.717) is 5.56 Å². The molecule has 0 aliphatic heterocycles. The van der Waals surface area contributed by atoms with Gasteiger partial charge in [-0.15, -0.1) is 0 Å². The third kappa shape index (κ3) is 4.33. The minimum Gasteiger partial charge on any atom is -0.350 e. The summed E-state index contributed by atoms with van der Waals surface area (Å²) >= 11 is 0. The van der Waals surface area contributed by atoms with Gasteiger partial charge in [0.05, 0.1) is 22.2 Å². The summed E-state index contributed by atoms with van der Waals surface area (Å²) in [6.07, 6.45) is 0. The Labute approximate surface area is 141 Å². The van der Waals surface area contributed by atoms with Crippen molar-refractivity contribution in [2.45, 2.75) is 24.8 Å². The Morgan fingerprint density at radius 3 is 2.50 bits per heavy atom. The number of carbonyl (C=O) groups excluding carboxylic acids is 1. The second-order valence-electron chi connectivity index (χ2n) is 5.45. The predicted molar refractivity (Wildman–Crippen MR) is 91.0 cm³/mol. The van der Waals surface area contributed by atoms with E-state index in [0.717, 1.165) is 0 Å². The van der Waals surface area contributed by atoms with Crippen LogP contribution in [0.4, 0.5) is 5.69 Å². The molecule has 0 aromatic heterocycles. The van der Waals surface area contributed by atoms with Crippen molar-refractivity contribution >= 4 is 21.6 Å². The zero-order chi connectivity index (χ0) is 17.7. The molecule has 0 bridgehead atoms. The maximum atomic E-state index is 12.5. The monoisotopic (exact) mass is 343 g/mol. The number of carbonyl (C=O) groups is 1. The van der Waals surface area contributed by atoms with E-state index in [-0.39, 0.29) is 28.1 Å². The molecule has 124 valence electrons. The van der Waals surface area contributed by atoms with E-state index < -0.39 is 10.0 Å². The molecule has 0 saturated heterocycles. The molecular weight excluding hydrogens is 326 g/mol. The van der Waals surface area contributed by atoms with Crippen LogP contribution in [-0.2, 0) is 10.0 Å². The van der Waals surface area contributed by atoms with Crippen molar-refractivity contribution in [2.24, 2.45) is 0 Å². The lowest BCUT2D eigenvalue weighted by Crippen LogP contribution is -2.30. The largest absolute Gasteiger partial charge is 0.350 e. The van der Waals surface area contributed by atoms with Crippen molar-refractivity contribution in [3.63, 3.8) is 0 Å². The van der Waals surface area contributed by atoms with Gasteiger partial charge in [-0.25, -0.2) is 8.42 Å². The minimum atomic E-state index is -3.86. The molecule has 2 aromatic carbocycles. The Balaban J connectivity index is 2.29. The number of anilines is 1. The molecule has 0 aliphatic rings. The molecule has 6 nitrogen and oxygen atoms in total. The highest BCUT2D eigenvalue weighted by atomic mass is 32.2. The Kier molecular flexibility index (Phi) is 5.21. The van der Waals surface area contributed by atoms with Crippen LogP contribution < -0.4 is 10.0 Å². The third-order valence-electron chi connectivity index (χ3n) is 3.07. The first-order chi connectivity index (χ1) is 11.3. The number of rotatable bonds is 5. The number of benzene rings is 2. The molecule has 0 heterocycles. The van der Waals surface area contributed by atoms with Gasteiger partial charge in [-0.2, -0.15) is 5.26 Å². The Bertz CT molecular complexity index is 899. The maximum absolute atomic E-state index is 12.5. The summed E-state index contributed by atoms with van der Waals surface area (Å²) in [6.45, 7) is 3.64. The molecule has 2 aromatic rings. The summed E-state index contributed by atoms with van der Waals surface area (Å²) in [4.78, 5) is 12.0. The lowest BCUT2D eigenvalue weighted by Gasteiger charge is -2.11. The Morgan fingerprint density at radius 2 is 1.83 bits per heavy atom. The number of hydrogen-bond donors (Lipinski definition) is 2. The highest BCUT2D eigenvalue weighted by molar-refractivity contribution is 7.92. The molecule has 0 unspecified atom stereocenters. The van der Waals surface area contributed by atoms with E-state index in [1.54, 1.807) is 24.3 Å². The quantitative estimate of drug-likeness (QED) is 0.871. The first-order valence-corrected chi connectivity index (χ1v) is 8.74. The lowest BCUT2D eigenvalue weighted by molar-refractivity contribution is 0.0943. The minimum absolute atomic E-state index is 0.0266. The highest BCUT2D eigenvalue weighted by Crippen LogP contribution is 2.18. The summed E-state index contributed by atoms with van der Waals surface area (Å²) in [7, 11) is -3.86. The summed E-state index contributed by atoms with van der Waals surface area (Å²) in [5, 5.41) is 11.6. The van der Waals surface area contributed by atoms with Crippen LogP contribution in [-0.4, -0.2) is 20.4 Å². The van der Waals surface area contributed by atoms with Gasteiger partial charge in [-0.1, -0.05) is 12.1 Å². The average molecular weight is 343 g/mol. The fraction of sp³-hybridized carbons (Fsp3) is 0.176. The first-order valence-electron chi connectivity index (χ1n) is 7.26. The zero-order valence-corrected chi connectivity index (χ0v) is 14.1. The number of nitrogens with one attached hydrogen (secondary N) is 2. The van der Waals surface area contributed by atoms with E-state index in [4.69, 9.17) is 5.26 Å². The van der Waals surface area contributed by atoms with E-state index in [1.807, 2.05) is 19.9 Å². The fourth-order valence-corrected chi connectivity index (χ4v) is 3.11. The number of nitrogens with zero attached hydrogens (tertiary/aromatic N) is 1. The van der Waals surface area contributed by atoms with Crippen molar-refractivity contribution in [1.82, 2.24) is 5.32 Å². The molecule has 0 radical (unpaired) electrons. The molecule has 0 saturated carbocycles. The maximum Gasteiger partial charge on any atom is 0.261 e. The van der Waals surface area contributed by atoms with Crippen molar-refractivity contribution in [1.29, 1.82) is 5.26 Å².